The quantitative estimate of drug-likeness (QED) is 0.877. The van der Waals surface area contributed by atoms with E-state index in [0.717, 1.165) is 6.42 Å². The molecule has 21 heavy (non-hydrogen) atoms. The maximum Gasteiger partial charge on any atom is 0.0347 e. The van der Waals surface area contributed by atoms with Crippen molar-refractivity contribution in [2.75, 3.05) is 0 Å². The van der Waals surface area contributed by atoms with Crippen molar-refractivity contribution in [3.05, 3.63) is 70.8 Å². The van der Waals surface area contributed by atoms with Crippen molar-refractivity contribution < 1.29 is 0 Å². The van der Waals surface area contributed by atoms with Crippen molar-refractivity contribution >= 4 is 0 Å². The molecule has 2 heteroatoms. The first-order valence-corrected chi connectivity index (χ1v) is 8.01. The number of fused-ring (bicyclic) bond motifs is 2. The Balaban J connectivity index is 1.61. The monoisotopic (exact) mass is 278 g/mol. The summed E-state index contributed by atoms with van der Waals surface area (Å²) in [5, 5.41) is 3.88. The second-order valence-electron chi connectivity index (χ2n) is 6.33. The van der Waals surface area contributed by atoms with Crippen LogP contribution >= 0.6 is 0 Å². The lowest BCUT2D eigenvalue weighted by molar-refractivity contribution is 0.389. The zero-order valence-corrected chi connectivity index (χ0v) is 12.3. The topological polar surface area (TPSA) is 38.0 Å². The van der Waals surface area contributed by atoms with Crippen LogP contribution in [-0.2, 0) is 6.42 Å². The minimum absolute atomic E-state index is 0.178. The predicted octanol–water partition coefficient (Wildman–Crippen LogP) is 3.80. The van der Waals surface area contributed by atoms with Crippen molar-refractivity contribution in [3.63, 3.8) is 0 Å². The van der Waals surface area contributed by atoms with Gasteiger partial charge in [0, 0.05) is 18.1 Å². The van der Waals surface area contributed by atoms with Crippen molar-refractivity contribution in [1.82, 2.24) is 5.32 Å². The molecule has 108 valence electrons. The standard InChI is InChI=1S/C19H22N2/c20-17-12-19(16-10-4-3-9-15(16)17)21-18-11-5-7-13-6-1-2-8-14(13)18/h1-4,6,8-10,17-19,21H,5,7,11-12,20H2. The van der Waals surface area contributed by atoms with Gasteiger partial charge in [0.05, 0.1) is 0 Å². The molecule has 2 aromatic rings. The molecule has 0 heterocycles. The average molecular weight is 278 g/mol. The fourth-order valence-corrected chi connectivity index (χ4v) is 4.00. The Hall–Kier alpha value is -1.64. The van der Waals surface area contributed by atoms with Gasteiger partial charge in [-0.05, 0) is 47.9 Å². The molecular formula is C19H22N2. The number of hydrogen-bond acceptors (Lipinski definition) is 2. The maximum atomic E-state index is 6.30. The third-order valence-corrected chi connectivity index (χ3v) is 5.03. The minimum atomic E-state index is 0.178. The number of rotatable bonds is 2. The van der Waals surface area contributed by atoms with E-state index in [0.29, 0.717) is 12.1 Å². The molecule has 0 amide bonds. The molecule has 0 spiro atoms. The Kier molecular flexibility index (Phi) is 3.28. The molecule has 0 saturated heterocycles. The van der Waals surface area contributed by atoms with Gasteiger partial charge >= 0.3 is 0 Å². The molecule has 0 aliphatic heterocycles. The first kappa shape index (κ1) is 13.1. The summed E-state index contributed by atoms with van der Waals surface area (Å²) in [7, 11) is 0. The van der Waals surface area contributed by atoms with Crippen molar-refractivity contribution in [1.29, 1.82) is 0 Å². The Morgan fingerprint density at radius 1 is 0.857 bits per heavy atom. The smallest absolute Gasteiger partial charge is 0.0347 e. The average Bonchev–Trinajstić information content (AvgIpc) is 2.85. The van der Waals surface area contributed by atoms with Crippen molar-refractivity contribution in [2.24, 2.45) is 5.73 Å². The first-order valence-electron chi connectivity index (χ1n) is 8.01. The lowest BCUT2D eigenvalue weighted by Gasteiger charge is -2.29. The van der Waals surface area contributed by atoms with Crippen molar-refractivity contribution in [3.8, 4) is 0 Å². The van der Waals surface area contributed by atoms with E-state index in [1.165, 1.54) is 41.5 Å². The van der Waals surface area contributed by atoms with Crippen molar-refractivity contribution in [2.45, 2.75) is 43.8 Å². The summed E-state index contributed by atoms with van der Waals surface area (Å²) in [6.07, 6.45) is 4.73. The van der Waals surface area contributed by atoms with Crippen LogP contribution in [0.3, 0.4) is 0 Å². The van der Waals surface area contributed by atoms with Crippen LogP contribution in [0.2, 0.25) is 0 Å². The molecule has 2 aliphatic carbocycles. The normalized spacial score (nSPS) is 27.2. The molecule has 0 bridgehead atoms. The van der Waals surface area contributed by atoms with Gasteiger partial charge in [-0.3, -0.25) is 0 Å². The number of benzene rings is 2. The molecule has 0 radical (unpaired) electrons. The summed E-state index contributed by atoms with van der Waals surface area (Å²) < 4.78 is 0. The number of nitrogens with two attached hydrogens (primary N) is 1. The fraction of sp³-hybridized carbons (Fsp3) is 0.368. The van der Waals surface area contributed by atoms with Crippen LogP contribution in [0.1, 0.15) is 59.6 Å². The molecule has 4 rings (SSSR count). The van der Waals surface area contributed by atoms with Gasteiger partial charge in [0.25, 0.3) is 0 Å². The zero-order valence-electron chi connectivity index (χ0n) is 12.3. The fourth-order valence-electron chi connectivity index (χ4n) is 4.00. The highest BCUT2D eigenvalue weighted by molar-refractivity contribution is 5.38. The molecule has 2 nitrogen and oxygen atoms in total. The lowest BCUT2D eigenvalue weighted by atomic mass is 9.87. The SMILES string of the molecule is NC1CC(NC2CCCc3ccccc32)c2ccccc21. The van der Waals surface area contributed by atoms with Gasteiger partial charge in [-0.1, -0.05) is 48.5 Å². The second-order valence-corrected chi connectivity index (χ2v) is 6.33. The Bertz CT molecular complexity index is 650. The molecule has 0 fully saturated rings. The van der Waals surface area contributed by atoms with Crippen LogP contribution in [0.25, 0.3) is 0 Å². The first-order chi connectivity index (χ1) is 10.3. The van der Waals surface area contributed by atoms with Gasteiger partial charge in [0.2, 0.25) is 0 Å². The summed E-state index contributed by atoms with van der Waals surface area (Å²) in [4.78, 5) is 0. The zero-order chi connectivity index (χ0) is 14.2. The molecule has 0 aromatic heterocycles. The Morgan fingerprint density at radius 2 is 1.57 bits per heavy atom. The van der Waals surface area contributed by atoms with Gasteiger partial charge in [0.1, 0.15) is 0 Å². The highest BCUT2D eigenvalue weighted by Gasteiger charge is 2.31. The minimum Gasteiger partial charge on any atom is -0.324 e. The van der Waals surface area contributed by atoms with E-state index in [2.05, 4.69) is 53.8 Å². The molecule has 0 saturated carbocycles. The van der Waals surface area contributed by atoms with E-state index < -0.39 is 0 Å². The van der Waals surface area contributed by atoms with Gasteiger partial charge in [0.15, 0.2) is 0 Å². The van der Waals surface area contributed by atoms with E-state index >= 15 is 0 Å². The number of aryl methyl sites for hydroxylation is 1. The van der Waals surface area contributed by atoms with E-state index in [1.807, 2.05) is 0 Å². The third-order valence-electron chi connectivity index (χ3n) is 5.03. The molecule has 2 aromatic carbocycles. The number of nitrogens with one attached hydrogen (secondary N) is 1. The van der Waals surface area contributed by atoms with E-state index in [4.69, 9.17) is 5.73 Å². The van der Waals surface area contributed by atoms with Crippen LogP contribution in [0, 0.1) is 0 Å². The maximum absolute atomic E-state index is 6.30. The summed E-state index contributed by atoms with van der Waals surface area (Å²) in [5.41, 5.74) is 12.0. The van der Waals surface area contributed by atoms with Crippen LogP contribution in [-0.4, -0.2) is 0 Å². The number of hydrogen-bond donors (Lipinski definition) is 2. The molecule has 2 aliphatic rings. The Labute approximate surface area is 126 Å². The van der Waals surface area contributed by atoms with Gasteiger partial charge in [-0.25, -0.2) is 0 Å². The van der Waals surface area contributed by atoms with Gasteiger partial charge in [-0.2, -0.15) is 0 Å². The van der Waals surface area contributed by atoms with Gasteiger partial charge in [-0.15, -0.1) is 0 Å². The lowest BCUT2D eigenvalue weighted by Crippen LogP contribution is -2.28. The summed E-state index contributed by atoms with van der Waals surface area (Å²) in [6.45, 7) is 0. The predicted molar refractivity (Wildman–Crippen MR) is 86.0 cm³/mol. The summed E-state index contributed by atoms with van der Waals surface area (Å²) >= 11 is 0. The van der Waals surface area contributed by atoms with Crippen LogP contribution in [0.5, 0.6) is 0 Å². The summed E-state index contributed by atoms with van der Waals surface area (Å²) in [6, 6.07) is 18.5. The van der Waals surface area contributed by atoms with E-state index in [9.17, 15) is 0 Å². The van der Waals surface area contributed by atoms with Gasteiger partial charge < -0.3 is 11.1 Å². The highest BCUT2D eigenvalue weighted by Crippen LogP contribution is 2.40. The van der Waals surface area contributed by atoms with Crippen LogP contribution in [0.15, 0.2) is 48.5 Å². The van der Waals surface area contributed by atoms with E-state index in [-0.39, 0.29) is 6.04 Å². The largest absolute Gasteiger partial charge is 0.324 e. The molecular weight excluding hydrogens is 256 g/mol. The summed E-state index contributed by atoms with van der Waals surface area (Å²) in [5.74, 6) is 0. The molecule has 3 N–H and O–H groups in total. The van der Waals surface area contributed by atoms with Crippen LogP contribution < -0.4 is 11.1 Å². The molecule has 3 atom stereocenters. The Morgan fingerprint density at radius 3 is 2.43 bits per heavy atom. The van der Waals surface area contributed by atoms with Crippen LogP contribution in [0.4, 0.5) is 0 Å². The third kappa shape index (κ3) is 2.29. The molecule has 3 unspecified atom stereocenters. The second kappa shape index (κ2) is 5.28. The van der Waals surface area contributed by atoms with E-state index in [1.54, 1.807) is 0 Å². The highest BCUT2D eigenvalue weighted by atomic mass is 15.0.